The number of nitrogens with one attached hydrogen (secondary N) is 1. The van der Waals surface area contributed by atoms with Crippen molar-refractivity contribution in [2.45, 2.75) is 83.6 Å². The molecule has 1 N–H and O–H groups in total. The molecule has 30 heavy (non-hydrogen) atoms. The number of likely N-dealkylation sites (tertiary alicyclic amines) is 1. The van der Waals surface area contributed by atoms with Crippen LogP contribution < -0.4 is 10.1 Å². The summed E-state index contributed by atoms with van der Waals surface area (Å²) in [4.78, 5) is 16.0. The number of ether oxygens (including phenoxy) is 1. The normalized spacial score (nSPS) is 26.7. The van der Waals surface area contributed by atoms with Crippen molar-refractivity contribution in [2.24, 2.45) is 11.3 Å². The zero-order valence-electron chi connectivity index (χ0n) is 18.8. The molecule has 1 aliphatic carbocycles. The number of benzene rings is 1. The Morgan fingerprint density at radius 3 is 2.60 bits per heavy atom. The summed E-state index contributed by atoms with van der Waals surface area (Å²) in [7, 11) is 0. The molecule has 2 fully saturated rings. The number of carbonyl (C=O) groups is 1. The van der Waals surface area contributed by atoms with Crippen molar-refractivity contribution in [1.29, 1.82) is 0 Å². The van der Waals surface area contributed by atoms with Crippen LogP contribution in [0.4, 0.5) is 0 Å². The number of rotatable bonds is 2. The first kappa shape index (κ1) is 21.7. The zero-order valence-corrected chi connectivity index (χ0v) is 18.8. The predicted molar refractivity (Wildman–Crippen MR) is 122 cm³/mol. The Labute approximate surface area is 182 Å². The van der Waals surface area contributed by atoms with Crippen LogP contribution in [0.15, 0.2) is 24.3 Å². The van der Waals surface area contributed by atoms with Crippen LogP contribution in [0.2, 0.25) is 0 Å². The third-order valence-electron chi connectivity index (χ3n) is 7.73. The maximum atomic E-state index is 13.4. The van der Waals surface area contributed by atoms with E-state index in [0.717, 1.165) is 63.3 Å². The lowest BCUT2D eigenvalue weighted by atomic mass is 9.73. The number of amides is 1. The van der Waals surface area contributed by atoms with Gasteiger partial charge in [0.2, 0.25) is 5.91 Å². The van der Waals surface area contributed by atoms with Gasteiger partial charge >= 0.3 is 0 Å². The van der Waals surface area contributed by atoms with Gasteiger partial charge in [0.1, 0.15) is 12.4 Å². The van der Waals surface area contributed by atoms with Gasteiger partial charge in [-0.05, 0) is 82.5 Å². The van der Waals surface area contributed by atoms with Gasteiger partial charge in [-0.3, -0.25) is 4.79 Å². The largest absolute Gasteiger partial charge is 0.491 e. The van der Waals surface area contributed by atoms with Gasteiger partial charge in [0.15, 0.2) is 0 Å². The molecule has 2 heterocycles. The number of hydrogen-bond acceptors (Lipinski definition) is 3. The van der Waals surface area contributed by atoms with Gasteiger partial charge in [-0.25, -0.2) is 0 Å². The highest BCUT2D eigenvalue weighted by Gasteiger charge is 2.41. The Morgan fingerprint density at radius 2 is 1.80 bits per heavy atom. The SMILES string of the molecule is C[C@@H]1COc2ccccc2CCCCC2(CCN(CC3CCCCC3)CC2)C(=O)N1. The van der Waals surface area contributed by atoms with E-state index >= 15 is 0 Å². The van der Waals surface area contributed by atoms with Gasteiger partial charge < -0.3 is 15.0 Å². The topological polar surface area (TPSA) is 41.6 Å². The summed E-state index contributed by atoms with van der Waals surface area (Å²) < 4.78 is 6.08. The molecule has 0 unspecified atom stereocenters. The minimum Gasteiger partial charge on any atom is -0.491 e. The van der Waals surface area contributed by atoms with Gasteiger partial charge in [-0.15, -0.1) is 0 Å². The smallest absolute Gasteiger partial charge is 0.226 e. The van der Waals surface area contributed by atoms with Crippen LogP contribution in [0.25, 0.3) is 0 Å². The molecule has 0 radical (unpaired) electrons. The first-order chi connectivity index (χ1) is 14.6. The number of carbonyl (C=O) groups excluding carboxylic acids is 1. The van der Waals surface area contributed by atoms with Gasteiger partial charge in [0, 0.05) is 6.54 Å². The lowest BCUT2D eigenvalue weighted by Crippen LogP contribution is -2.52. The van der Waals surface area contributed by atoms with Gasteiger partial charge in [0.25, 0.3) is 0 Å². The predicted octanol–water partition coefficient (Wildman–Crippen LogP) is 4.96. The zero-order chi connectivity index (χ0) is 20.8. The molecule has 4 nitrogen and oxygen atoms in total. The summed E-state index contributed by atoms with van der Waals surface area (Å²) in [5.74, 6) is 2.13. The lowest BCUT2D eigenvalue weighted by molar-refractivity contribution is -0.135. The van der Waals surface area contributed by atoms with Crippen molar-refractivity contribution >= 4 is 5.91 Å². The third kappa shape index (κ3) is 5.38. The molecule has 4 rings (SSSR count). The van der Waals surface area contributed by atoms with Crippen LogP contribution in [0.5, 0.6) is 5.75 Å². The van der Waals surface area contributed by atoms with E-state index in [1.54, 1.807) is 0 Å². The van der Waals surface area contributed by atoms with Crippen molar-refractivity contribution in [3.05, 3.63) is 29.8 Å². The van der Waals surface area contributed by atoms with Crippen LogP contribution in [-0.2, 0) is 11.2 Å². The summed E-state index contributed by atoms with van der Waals surface area (Å²) in [6, 6.07) is 8.40. The van der Waals surface area contributed by atoms with E-state index < -0.39 is 0 Å². The molecular formula is C26H40N2O2. The Hall–Kier alpha value is -1.55. The number of fused-ring (bicyclic) bond motifs is 1. The van der Waals surface area contributed by atoms with E-state index in [2.05, 4.69) is 35.3 Å². The molecule has 0 aromatic heterocycles. The highest BCUT2D eigenvalue weighted by atomic mass is 16.5. The molecule has 3 aliphatic rings. The van der Waals surface area contributed by atoms with Crippen molar-refractivity contribution < 1.29 is 9.53 Å². The third-order valence-corrected chi connectivity index (χ3v) is 7.73. The van der Waals surface area contributed by atoms with E-state index in [-0.39, 0.29) is 17.4 Å². The molecule has 4 heteroatoms. The molecule has 1 aromatic carbocycles. The summed E-state index contributed by atoms with van der Waals surface area (Å²) in [6.45, 7) is 6.01. The number of para-hydroxylation sites is 1. The average Bonchev–Trinajstić information content (AvgIpc) is 2.77. The summed E-state index contributed by atoms with van der Waals surface area (Å²) in [5.41, 5.74) is 1.11. The second kappa shape index (κ2) is 10.2. The Kier molecular flexibility index (Phi) is 7.35. The lowest BCUT2D eigenvalue weighted by Gasteiger charge is -2.42. The van der Waals surface area contributed by atoms with Crippen LogP contribution in [-0.4, -0.2) is 43.1 Å². The van der Waals surface area contributed by atoms with Crippen LogP contribution in [0.3, 0.4) is 0 Å². The first-order valence-corrected chi connectivity index (χ1v) is 12.4. The molecule has 1 spiro atoms. The van der Waals surface area contributed by atoms with E-state index in [1.807, 2.05) is 6.07 Å². The van der Waals surface area contributed by atoms with Crippen molar-refractivity contribution in [3.8, 4) is 5.75 Å². The minimum atomic E-state index is -0.184. The highest BCUT2D eigenvalue weighted by Crippen LogP contribution is 2.38. The van der Waals surface area contributed by atoms with Gasteiger partial charge in [-0.1, -0.05) is 43.9 Å². The van der Waals surface area contributed by atoms with Gasteiger partial charge in [-0.2, -0.15) is 0 Å². The Bertz CT molecular complexity index is 690. The van der Waals surface area contributed by atoms with Crippen molar-refractivity contribution in [3.63, 3.8) is 0 Å². The van der Waals surface area contributed by atoms with Crippen molar-refractivity contribution in [2.75, 3.05) is 26.2 Å². The van der Waals surface area contributed by atoms with E-state index in [1.165, 1.54) is 44.2 Å². The fourth-order valence-electron chi connectivity index (χ4n) is 5.75. The maximum Gasteiger partial charge on any atom is 0.226 e. The standard InChI is InChI=1S/C26H40N2O2/c1-21-20-30-24-13-6-5-11-23(24)12-7-8-14-26(25(29)27-21)15-17-28(18-16-26)19-22-9-3-2-4-10-22/h5-6,11,13,21-22H,2-4,7-10,12,14-20H2,1H3,(H,27,29)/t21-/m1/s1. The molecule has 1 aromatic rings. The molecule has 0 bridgehead atoms. The second-order valence-electron chi connectivity index (χ2n) is 10.1. The Morgan fingerprint density at radius 1 is 1.03 bits per heavy atom. The Balaban J connectivity index is 1.38. The monoisotopic (exact) mass is 412 g/mol. The van der Waals surface area contributed by atoms with Crippen LogP contribution in [0, 0.1) is 11.3 Å². The first-order valence-electron chi connectivity index (χ1n) is 12.4. The highest BCUT2D eigenvalue weighted by molar-refractivity contribution is 5.83. The molecule has 1 saturated heterocycles. The minimum absolute atomic E-state index is 0.0297. The fraction of sp³-hybridized carbons (Fsp3) is 0.731. The number of nitrogens with zero attached hydrogens (tertiary/aromatic N) is 1. The van der Waals surface area contributed by atoms with Crippen LogP contribution >= 0.6 is 0 Å². The van der Waals surface area contributed by atoms with Crippen LogP contribution in [0.1, 0.15) is 76.7 Å². The summed E-state index contributed by atoms with van der Waals surface area (Å²) in [6.07, 6.45) is 13.4. The molecular weight excluding hydrogens is 372 g/mol. The summed E-state index contributed by atoms with van der Waals surface area (Å²) in [5, 5.41) is 3.30. The van der Waals surface area contributed by atoms with Gasteiger partial charge in [0.05, 0.1) is 11.5 Å². The molecule has 166 valence electrons. The quantitative estimate of drug-likeness (QED) is 0.746. The van der Waals surface area contributed by atoms with E-state index in [0.29, 0.717) is 6.61 Å². The fourth-order valence-corrected chi connectivity index (χ4v) is 5.75. The molecule has 1 atom stereocenters. The molecule has 1 saturated carbocycles. The molecule has 2 aliphatic heterocycles. The maximum absolute atomic E-state index is 13.4. The van der Waals surface area contributed by atoms with E-state index in [4.69, 9.17) is 4.74 Å². The van der Waals surface area contributed by atoms with E-state index in [9.17, 15) is 4.79 Å². The average molecular weight is 413 g/mol. The number of aryl methyl sites for hydroxylation is 1. The molecule has 1 amide bonds. The summed E-state index contributed by atoms with van der Waals surface area (Å²) >= 11 is 0. The number of hydrogen-bond donors (Lipinski definition) is 1. The van der Waals surface area contributed by atoms with Crippen molar-refractivity contribution in [1.82, 2.24) is 10.2 Å². The second-order valence-corrected chi connectivity index (χ2v) is 10.1. The number of piperidine rings is 1.